The molecule has 4 heteroatoms. The molecule has 1 N–H and O–H groups in total. The van der Waals surface area contributed by atoms with Crippen molar-refractivity contribution < 1.29 is 9.59 Å². The van der Waals surface area contributed by atoms with Crippen molar-refractivity contribution in [2.24, 2.45) is 17.8 Å². The van der Waals surface area contributed by atoms with Crippen molar-refractivity contribution in [3.05, 3.63) is 42.0 Å². The van der Waals surface area contributed by atoms with Gasteiger partial charge in [0.15, 0.2) is 0 Å². The minimum atomic E-state index is 0.0347. The Labute approximate surface area is 163 Å². The van der Waals surface area contributed by atoms with E-state index in [0.29, 0.717) is 31.0 Å². The van der Waals surface area contributed by atoms with Crippen LogP contribution in [0.4, 0.5) is 0 Å². The Bertz CT molecular complexity index is 662. The van der Waals surface area contributed by atoms with Crippen LogP contribution < -0.4 is 5.32 Å². The Morgan fingerprint density at radius 2 is 1.74 bits per heavy atom. The smallest absolute Gasteiger partial charge is 0.246 e. The van der Waals surface area contributed by atoms with Gasteiger partial charge in [-0.3, -0.25) is 9.59 Å². The molecule has 3 atom stereocenters. The van der Waals surface area contributed by atoms with Crippen LogP contribution in [0, 0.1) is 17.8 Å². The molecule has 146 valence electrons. The van der Waals surface area contributed by atoms with Crippen LogP contribution in [0.25, 0.3) is 6.08 Å². The van der Waals surface area contributed by atoms with Gasteiger partial charge in [-0.15, -0.1) is 0 Å². The Kier molecular flexibility index (Phi) is 6.70. The number of piperidine rings is 1. The van der Waals surface area contributed by atoms with Gasteiger partial charge in [-0.2, -0.15) is 0 Å². The van der Waals surface area contributed by atoms with Gasteiger partial charge in [-0.1, -0.05) is 57.0 Å². The van der Waals surface area contributed by atoms with Crippen molar-refractivity contribution in [1.29, 1.82) is 0 Å². The lowest BCUT2D eigenvalue weighted by Crippen LogP contribution is -2.48. The van der Waals surface area contributed by atoms with Crippen LogP contribution in [0.5, 0.6) is 0 Å². The van der Waals surface area contributed by atoms with Crippen molar-refractivity contribution >= 4 is 17.9 Å². The second kappa shape index (κ2) is 9.20. The van der Waals surface area contributed by atoms with Gasteiger partial charge < -0.3 is 10.2 Å². The first kappa shape index (κ1) is 19.7. The molecular weight excluding hydrogens is 336 g/mol. The van der Waals surface area contributed by atoms with E-state index >= 15 is 0 Å². The molecule has 1 aliphatic heterocycles. The summed E-state index contributed by atoms with van der Waals surface area (Å²) in [5, 5.41) is 3.30. The molecule has 0 spiro atoms. The topological polar surface area (TPSA) is 49.4 Å². The summed E-state index contributed by atoms with van der Waals surface area (Å²) in [6.45, 7) is 5.87. The summed E-state index contributed by atoms with van der Waals surface area (Å²) < 4.78 is 0. The van der Waals surface area contributed by atoms with E-state index in [4.69, 9.17) is 0 Å². The SMILES string of the molecule is CC1CCCC(NC(=O)C2CCN(C(=O)/C=C/c3ccccc3)CC2)C1C. The second-order valence-electron chi connectivity index (χ2n) is 8.23. The van der Waals surface area contributed by atoms with Crippen LogP contribution in [0.2, 0.25) is 0 Å². The van der Waals surface area contributed by atoms with Gasteiger partial charge in [0.05, 0.1) is 0 Å². The zero-order valence-electron chi connectivity index (χ0n) is 16.6. The van der Waals surface area contributed by atoms with E-state index in [2.05, 4.69) is 19.2 Å². The molecule has 1 aliphatic carbocycles. The summed E-state index contributed by atoms with van der Waals surface area (Å²) in [4.78, 5) is 26.9. The van der Waals surface area contributed by atoms with Gasteiger partial charge in [0.25, 0.3) is 0 Å². The molecule has 0 radical (unpaired) electrons. The lowest BCUT2D eigenvalue weighted by atomic mass is 9.78. The Morgan fingerprint density at radius 3 is 2.44 bits per heavy atom. The highest BCUT2D eigenvalue weighted by Gasteiger charge is 2.32. The Balaban J connectivity index is 1.46. The molecule has 2 amide bonds. The molecule has 0 aromatic heterocycles. The zero-order chi connectivity index (χ0) is 19.2. The summed E-state index contributed by atoms with van der Waals surface area (Å²) in [6, 6.07) is 10.2. The largest absolute Gasteiger partial charge is 0.353 e. The van der Waals surface area contributed by atoms with Crippen molar-refractivity contribution in [1.82, 2.24) is 10.2 Å². The molecule has 1 aromatic rings. The fourth-order valence-electron chi connectivity index (χ4n) is 4.29. The lowest BCUT2D eigenvalue weighted by Gasteiger charge is -2.36. The van der Waals surface area contributed by atoms with Gasteiger partial charge in [0, 0.05) is 31.1 Å². The molecule has 3 rings (SSSR count). The van der Waals surface area contributed by atoms with Crippen LogP contribution in [0.1, 0.15) is 51.5 Å². The van der Waals surface area contributed by atoms with Crippen molar-refractivity contribution in [3.63, 3.8) is 0 Å². The molecule has 1 aromatic carbocycles. The van der Waals surface area contributed by atoms with Gasteiger partial charge in [-0.05, 0) is 42.7 Å². The maximum atomic E-state index is 12.7. The lowest BCUT2D eigenvalue weighted by molar-refractivity contribution is -0.132. The van der Waals surface area contributed by atoms with Crippen LogP contribution >= 0.6 is 0 Å². The molecule has 0 bridgehead atoms. The van der Waals surface area contributed by atoms with Crippen LogP contribution in [-0.4, -0.2) is 35.8 Å². The third-order valence-electron chi connectivity index (χ3n) is 6.43. The quantitative estimate of drug-likeness (QED) is 0.820. The number of benzene rings is 1. The zero-order valence-corrected chi connectivity index (χ0v) is 16.6. The molecule has 1 saturated carbocycles. The third kappa shape index (κ3) is 5.21. The monoisotopic (exact) mass is 368 g/mol. The first-order valence-electron chi connectivity index (χ1n) is 10.4. The average molecular weight is 369 g/mol. The van der Waals surface area contributed by atoms with E-state index in [1.54, 1.807) is 6.08 Å². The van der Waals surface area contributed by atoms with Crippen molar-refractivity contribution in [2.45, 2.75) is 52.0 Å². The normalized spacial score (nSPS) is 26.9. The fraction of sp³-hybridized carbons (Fsp3) is 0.565. The first-order valence-corrected chi connectivity index (χ1v) is 10.4. The summed E-state index contributed by atoms with van der Waals surface area (Å²) in [5.41, 5.74) is 1.02. The fourth-order valence-corrected chi connectivity index (χ4v) is 4.29. The molecule has 1 saturated heterocycles. The van der Waals surface area contributed by atoms with Crippen molar-refractivity contribution in [3.8, 4) is 0 Å². The number of carbonyl (C=O) groups excluding carboxylic acids is 2. The van der Waals surface area contributed by atoms with E-state index in [1.807, 2.05) is 41.3 Å². The maximum absolute atomic E-state index is 12.7. The summed E-state index contributed by atoms with van der Waals surface area (Å²) in [7, 11) is 0. The number of hydrogen-bond donors (Lipinski definition) is 1. The summed E-state index contributed by atoms with van der Waals surface area (Å²) >= 11 is 0. The number of carbonyl (C=O) groups is 2. The van der Waals surface area contributed by atoms with Gasteiger partial charge in [-0.25, -0.2) is 0 Å². The molecule has 2 fully saturated rings. The van der Waals surface area contributed by atoms with Crippen LogP contribution in [0.3, 0.4) is 0 Å². The van der Waals surface area contributed by atoms with E-state index in [9.17, 15) is 9.59 Å². The first-order chi connectivity index (χ1) is 13.0. The highest BCUT2D eigenvalue weighted by atomic mass is 16.2. The predicted octanol–water partition coefficient (Wildman–Crippen LogP) is 3.88. The van der Waals surface area contributed by atoms with Crippen LogP contribution in [0.15, 0.2) is 36.4 Å². The number of hydrogen-bond acceptors (Lipinski definition) is 2. The summed E-state index contributed by atoms with van der Waals surface area (Å²) in [6.07, 6.45) is 8.58. The second-order valence-corrected chi connectivity index (χ2v) is 8.23. The number of likely N-dealkylation sites (tertiary alicyclic amines) is 1. The minimum absolute atomic E-state index is 0.0347. The Hall–Kier alpha value is -2.10. The maximum Gasteiger partial charge on any atom is 0.246 e. The van der Waals surface area contributed by atoms with E-state index < -0.39 is 0 Å². The molecule has 2 aliphatic rings. The number of nitrogens with zero attached hydrogens (tertiary/aromatic N) is 1. The summed E-state index contributed by atoms with van der Waals surface area (Å²) in [5.74, 6) is 1.49. The number of rotatable bonds is 4. The number of amides is 2. The van der Waals surface area contributed by atoms with Gasteiger partial charge >= 0.3 is 0 Å². The molecular formula is C23H32N2O2. The minimum Gasteiger partial charge on any atom is -0.353 e. The standard InChI is InChI=1S/C23H32N2O2/c1-17-7-6-10-21(18(17)2)24-23(27)20-13-15-25(16-14-20)22(26)12-11-19-8-4-3-5-9-19/h3-5,8-9,11-12,17-18,20-21H,6-7,10,13-16H2,1-2H3,(H,24,27)/b12-11+. The van der Waals surface area contributed by atoms with E-state index in [-0.39, 0.29) is 17.7 Å². The van der Waals surface area contributed by atoms with E-state index in [0.717, 1.165) is 24.8 Å². The van der Waals surface area contributed by atoms with Gasteiger partial charge in [0.1, 0.15) is 0 Å². The molecule has 27 heavy (non-hydrogen) atoms. The molecule has 3 unspecified atom stereocenters. The Morgan fingerprint density at radius 1 is 1.04 bits per heavy atom. The number of nitrogens with one attached hydrogen (secondary N) is 1. The highest BCUT2D eigenvalue weighted by molar-refractivity contribution is 5.92. The highest BCUT2D eigenvalue weighted by Crippen LogP contribution is 2.30. The van der Waals surface area contributed by atoms with Crippen molar-refractivity contribution in [2.75, 3.05) is 13.1 Å². The molecule has 4 nitrogen and oxygen atoms in total. The van der Waals surface area contributed by atoms with Gasteiger partial charge in [0.2, 0.25) is 11.8 Å². The molecule has 1 heterocycles. The average Bonchev–Trinajstić information content (AvgIpc) is 2.70. The van der Waals surface area contributed by atoms with Crippen LogP contribution in [-0.2, 0) is 9.59 Å². The van der Waals surface area contributed by atoms with E-state index in [1.165, 1.54) is 12.8 Å². The predicted molar refractivity (Wildman–Crippen MR) is 109 cm³/mol. The third-order valence-corrected chi connectivity index (χ3v) is 6.43.